The van der Waals surface area contributed by atoms with Gasteiger partial charge in [-0.3, -0.25) is 0 Å². The molecule has 1 heterocycles. The Labute approximate surface area is 137 Å². The molecule has 0 saturated heterocycles. The summed E-state index contributed by atoms with van der Waals surface area (Å²) in [6.45, 7) is 0.722. The van der Waals surface area contributed by atoms with Crippen LogP contribution in [-0.2, 0) is 16.6 Å². The molecule has 2 aromatic rings. The lowest BCUT2D eigenvalue weighted by atomic mass is 10.2. The molecule has 0 unspecified atom stereocenters. The summed E-state index contributed by atoms with van der Waals surface area (Å²) in [6, 6.07) is 7.01. The van der Waals surface area contributed by atoms with Crippen LogP contribution in [0.3, 0.4) is 0 Å². The highest BCUT2D eigenvalue weighted by Crippen LogP contribution is 2.27. The Bertz CT molecular complexity index is 744. The number of hydrogen-bond donors (Lipinski definition) is 2. The zero-order valence-electron chi connectivity index (χ0n) is 11.6. The van der Waals surface area contributed by atoms with Gasteiger partial charge in [0.2, 0.25) is 10.0 Å². The number of rotatable bonds is 5. The van der Waals surface area contributed by atoms with E-state index in [1.807, 2.05) is 11.9 Å². The molecule has 0 saturated carbocycles. The maximum absolute atomic E-state index is 11.8. The van der Waals surface area contributed by atoms with Crippen LogP contribution in [-0.4, -0.2) is 22.5 Å². The van der Waals surface area contributed by atoms with E-state index in [1.165, 1.54) is 18.7 Å². The number of nitrogens with zero attached hydrogens (tertiary/aromatic N) is 1. The van der Waals surface area contributed by atoms with Crippen molar-refractivity contribution in [2.24, 2.45) is 0 Å². The maximum Gasteiger partial charge on any atom is 0.242 e. The normalized spacial score (nSPS) is 11.6. The molecule has 114 valence electrons. The Hall–Kier alpha value is -1.09. The van der Waals surface area contributed by atoms with Crippen LogP contribution >= 0.6 is 27.3 Å². The van der Waals surface area contributed by atoms with Gasteiger partial charge in [-0.25, -0.2) is 13.1 Å². The number of sulfonamides is 1. The second-order valence-corrected chi connectivity index (χ2v) is 8.69. The molecule has 1 aromatic carbocycles. The molecule has 0 spiro atoms. The highest BCUT2D eigenvalue weighted by Gasteiger charge is 2.16. The van der Waals surface area contributed by atoms with Crippen LogP contribution in [0.5, 0.6) is 0 Å². The summed E-state index contributed by atoms with van der Waals surface area (Å²) in [7, 11) is -0.224. The van der Waals surface area contributed by atoms with Crippen LogP contribution in [0.2, 0.25) is 0 Å². The van der Waals surface area contributed by atoms with Gasteiger partial charge >= 0.3 is 0 Å². The smallest absolute Gasteiger partial charge is 0.242 e. The SMILES string of the molecule is CNS(=O)(=O)c1ccc(N(C)Cc2csc(Br)c2)cc1N. The van der Waals surface area contributed by atoms with Gasteiger partial charge in [0.15, 0.2) is 0 Å². The number of anilines is 2. The van der Waals surface area contributed by atoms with Gasteiger partial charge in [-0.05, 0) is 58.2 Å². The summed E-state index contributed by atoms with van der Waals surface area (Å²) < 4.78 is 26.9. The van der Waals surface area contributed by atoms with E-state index in [2.05, 4.69) is 32.1 Å². The van der Waals surface area contributed by atoms with E-state index >= 15 is 0 Å². The first kappa shape index (κ1) is 16.3. The molecule has 0 bridgehead atoms. The Morgan fingerprint density at radius 2 is 2.10 bits per heavy atom. The zero-order valence-corrected chi connectivity index (χ0v) is 14.8. The first-order chi connectivity index (χ1) is 9.83. The number of halogens is 1. The summed E-state index contributed by atoms with van der Waals surface area (Å²) >= 11 is 5.07. The second-order valence-electron chi connectivity index (χ2n) is 4.54. The fourth-order valence-electron chi connectivity index (χ4n) is 1.92. The van der Waals surface area contributed by atoms with Gasteiger partial charge in [-0.15, -0.1) is 11.3 Å². The van der Waals surface area contributed by atoms with Crippen molar-refractivity contribution in [2.75, 3.05) is 24.7 Å². The number of benzene rings is 1. The summed E-state index contributed by atoms with van der Waals surface area (Å²) in [5.74, 6) is 0. The number of thiophene rings is 1. The van der Waals surface area contributed by atoms with E-state index in [9.17, 15) is 8.42 Å². The van der Waals surface area contributed by atoms with Crippen molar-refractivity contribution in [3.8, 4) is 0 Å². The minimum atomic E-state index is -3.52. The molecule has 0 fully saturated rings. The molecule has 0 aliphatic carbocycles. The van der Waals surface area contributed by atoms with E-state index in [1.54, 1.807) is 23.5 Å². The Morgan fingerprint density at radius 3 is 2.62 bits per heavy atom. The molecule has 0 amide bonds. The molecule has 3 N–H and O–H groups in total. The van der Waals surface area contributed by atoms with Gasteiger partial charge in [0.05, 0.1) is 9.47 Å². The van der Waals surface area contributed by atoms with E-state index in [0.29, 0.717) is 0 Å². The predicted octanol–water partition coefficient (Wildman–Crippen LogP) is 2.64. The molecule has 8 heteroatoms. The van der Waals surface area contributed by atoms with Gasteiger partial charge in [0.25, 0.3) is 0 Å². The third kappa shape index (κ3) is 3.76. The van der Waals surface area contributed by atoms with Crippen molar-refractivity contribution >= 4 is 48.7 Å². The molecular formula is C13H16BrN3O2S2. The average Bonchev–Trinajstić information content (AvgIpc) is 2.83. The van der Waals surface area contributed by atoms with Gasteiger partial charge in [0.1, 0.15) is 4.90 Å². The monoisotopic (exact) mass is 389 g/mol. The van der Waals surface area contributed by atoms with E-state index in [-0.39, 0.29) is 10.6 Å². The minimum Gasteiger partial charge on any atom is -0.398 e. The standard InChI is InChI=1S/C13H16BrN3O2S2/c1-16-21(18,19)12-4-3-10(6-11(12)15)17(2)7-9-5-13(14)20-8-9/h3-6,8,16H,7,15H2,1-2H3. The molecule has 0 atom stereocenters. The third-order valence-electron chi connectivity index (χ3n) is 3.03. The van der Waals surface area contributed by atoms with Crippen molar-refractivity contribution in [2.45, 2.75) is 11.4 Å². The van der Waals surface area contributed by atoms with Crippen LogP contribution < -0.4 is 15.4 Å². The van der Waals surface area contributed by atoms with E-state index < -0.39 is 10.0 Å². The molecule has 5 nitrogen and oxygen atoms in total. The lowest BCUT2D eigenvalue weighted by Crippen LogP contribution is -2.21. The highest BCUT2D eigenvalue weighted by atomic mass is 79.9. The zero-order chi connectivity index (χ0) is 15.6. The largest absolute Gasteiger partial charge is 0.398 e. The van der Waals surface area contributed by atoms with Gasteiger partial charge in [0, 0.05) is 19.3 Å². The van der Waals surface area contributed by atoms with Gasteiger partial charge in [-0.1, -0.05) is 0 Å². The quantitative estimate of drug-likeness (QED) is 0.770. The summed E-state index contributed by atoms with van der Waals surface area (Å²) in [4.78, 5) is 2.11. The van der Waals surface area contributed by atoms with Crippen molar-refractivity contribution in [3.63, 3.8) is 0 Å². The number of nitrogens with two attached hydrogens (primary N) is 1. The molecule has 0 aliphatic rings. The lowest BCUT2D eigenvalue weighted by Gasteiger charge is -2.20. The molecule has 21 heavy (non-hydrogen) atoms. The van der Waals surface area contributed by atoms with E-state index in [4.69, 9.17) is 5.73 Å². The first-order valence-corrected chi connectivity index (χ1v) is 9.26. The topological polar surface area (TPSA) is 75.4 Å². The van der Waals surface area contributed by atoms with Crippen LogP contribution in [0, 0.1) is 0 Å². The predicted molar refractivity (Wildman–Crippen MR) is 91.2 cm³/mol. The Balaban J connectivity index is 2.23. The van der Waals surface area contributed by atoms with Crippen molar-refractivity contribution in [1.29, 1.82) is 0 Å². The van der Waals surface area contributed by atoms with E-state index in [0.717, 1.165) is 16.0 Å². The fourth-order valence-corrected chi connectivity index (χ4v) is 3.96. The van der Waals surface area contributed by atoms with Crippen LogP contribution in [0.1, 0.15) is 5.56 Å². The molecule has 0 radical (unpaired) electrons. The number of nitrogens with one attached hydrogen (secondary N) is 1. The number of hydrogen-bond acceptors (Lipinski definition) is 5. The fraction of sp³-hybridized carbons (Fsp3) is 0.231. The molecule has 1 aromatic heterocycles. The summed E-state index contributed by atoms with van der Waals surface area (Å²) in [5, 5.41) is 2.07. The van der Waals surface area contributed by atoms with Crippen molar-refractivity contribution in [1.82, 2.24) is 4.72 Å². The molecule has 2 rings (SSSR count). The van der Waals surface area contributed by atoms with Crippen LogP contribution in [0.15, 0.2) is 38.3 Å². The minimum absolute atomic E-state index is 0.0976. The third-order valence-corrected chi connectivity index (χ3v) is 6.08. The second kappa shape index (κ2) is 6.35. The maximum atomic E-state index is 11.8. The Morgan fingerprint density at radius 1 is 1.38 bits per heavy atom. The van der Waals surface area contributed by atoms with Crippen LogP contribution in [0.25, 0.3) is 0 Å². The molecule has 0 aliphatic heterocycles. The molecular weight excluding hydrogens is 374 g/mol. The van der Waals surface area contributed by atoms with Crippen LogP contribution in [0.4, 0.5) is 11.4 Å². The van der Waals surface area contributed by atoms with Gasteiger partial charge < -0.3 is 10.6 Å². The summed E-state index contributed by atoms with van der Waals surface area (Å²) in [6.07, 6.45) is 0. The average molecular weight is 390 g/mol. The van der Waals surface area contributed by atoms with Crippen molar-refractivity contribution < 1.29 is 8.42 Å². The van der Waals surface area contributed by atoms with Crippen molar-refractivity contribution in [3.05, 3.63) is 39.0 Å². The Kier molecular flexibility index (Phi) is 4.92. The summed E-state index contributed by atoms with van der Waals surface area (Å²) in [5.41, 5.74) is 8.15. The van der Waals surface area contributed by atoms with Gasteiger partial charge in [-0.2, -0.15) is 0 Å². The lowest BCUT2D eigenvalue weighted by molar-refractivity contribution is 0.588. The highest BCUT2D eigenvalue weighted by molar-refractivity contribution is 9.11. The first-order valence-electron chi connectivity index (χ1n) is 6.10. The number of nitrogen functional groups attached to an aromatic ring is 1.